The highest BCUT2D eigenvalue weighted by atomic mass is 16.2. The van der Waals surface area contributed by atoms with Gasteiger partial charge in [-0.05, 0) is 31.2 Å². The fraction of sp³-hybridized carbons (Fsp3) is 0.857. The fourth-order valence-electron chi connectivity index (χ4n) is 3.04. The Balaban J connectivity index is 1.84. The highest BCUT2D eigenvalue weighted by Gasteiger charge is 2.32. The summed E-state index contributed by atoms with van der Waals surface area (Å²) in [6.45, 7) is 9.36. The SMILES string of the molecule is CC(C)(C)C[C@H]1CCCN1CCN1C(=O)CNC1=O. The van der Waals surface area contributed by atoms with Crippen molar-refractivity contribution in [3.05, 3.63) is 0 Å². The number of rotatable bonds is 4. The van der Waals surface area contributed by atoms with Crippen LogP contribution in [0.4, 0.5) is 4.79 Å². The van der Waals surface area contributed by atoms with Crippen LogP contribution in [0.5, 0.6) is 0 Å². The van der Waals surface area contributed by atoms with Crippen LogP contribution in [-0.4, -0.2) is 54.0 Å². The number of carbonyl (C=O) groups excluding carboxylic acids is 2. The van der Waals surface area contributed by atoms with E-state index in [9.17, 15) is 9.59 Å². The van der Waals surface area contributed by atoms with E-state index in [1.54, 1.807) is 0 Å². The van der Waals surface area contributed by atoms with Crippen molar-refractivity contribution in [3.8, 4) is 0 Å². The summed E-state index contributed by atoms with van der Waals surface area (Å²) < 4.78 is 0. The second-order valence-electron chi connectivity index (χ2n) is 6.80. The summed E-state index contributed by atoms with van der Waals surface area (Å²) in [5, 5.41) is 2.56. The number of hydrogen-bond donors (Lipinski definition) is 1. The van der Waals surface area contributed by atoms with Crippen LogP contribution in [0.2, 0.25) is 0 Å². The van der Waals surface area contributed by atoms with Crippen molar-refractivity contribution >= 4 is 11.9 Å². The van der Waals surface area contributed by atoms with Crippen LogP contribution in [-0.2, 0) is 4.79 Å². The van der Waals surface area contributed by atoms with E-state index in [0.717, 1.165) is 13.1 Å². The lowest BCUT2D eigenvalue weighted by Crippen LogP contribution is -2.41. The van der Waals surface area contributed by atoms with Crippen LogP contribution < -0.4 is 5.32 Å². The predicted molar refractivity (Wildman–Crippen MR) is 73.8 cm³/mol. The van der Waals surface area contributed by atoms with Crippen LogP contribution in [0.15, 0.2) is 0 Å². The first kappa shape index (κ1) is 14.3. The molecule has 0 saturated carbocycles. The monoisotopic (exact) mass is 267 g/mol. The molecule has 5 nitrogen and oxygen atoms in total. The second-order valence-corrected chi connectivity index (χ2v) is 6.80. The van der Waals surface area contributed by atoms with Gasteiger partial charge in [0, 0.05) is 19.1 Å². The molecule has 1 atom stereocenters. The molecule has 3 amide bonds. The molecule has 2 saturated heterocycles. The number of nitrogens with one attached hydrogen (secondary N) is 1. The van der Waals surface area contributed by atoms with Gasteiger partial charge in [0.15, 0.2) is 0 Å². The number of urea groups is 1. The van der Waals surface area contributed by atoms with E-state index in [1.807, 2.05) is 0 Å². The zero-order chi connectivity index (χ0) is 14.0. The first-order valence-electron chi connectivity index (χ1n) is 7.19. The predicted octanol–water partition coefficient (Wildman–Crippen LogP) is 1.44. The van der Waals surface area contributed by atoms with E-state index in [-0.39, 0.29) is 18.5 Å². The molecule has 2 fully saturated rings. The molecular formula is C14H25N3O2. The number of amides is 3. The Morgan fingerprint density at radius 2 is 2.00 bits per heavy atom. The van der Waals surface area contributed by atoms with Crippen LogP contribution in [0.3, 0.4) is 0 Å². The first-order chi connectivity index (χ1) is 8.87. The van der Waals surface area contributed by atoms with Crippen molar-refractivity contribution in [2.75, 3.05) is 26.2 Å². The zero-order valence-electron chi connectivity index (χ0n) is 12.2. The first-order valence-corrected chi connectivity index (χ1v) is 7.19. The Morgan fingerprint density at radius 1 is 1.26 bits per heavy atom. The topological polar surface area (TPSA) is 52.6 Å². The van der Waals surface area contributed by atoms with Crippen molar-refractivity contribution in [1.82, 2.24) is 15.1 Å². The van der Waals surface area contributed by atoms with Gasteiger partial charge in [-0.15, -0.1) is 0 Å². The number of hydrogen-bond acceptors (Lipinski definition) is 3. The van der Waals surface area contributed by atoms with E-state index < -0.39 is 0 Å². The minimum Gasteiger partial charge on any atom is -0.329 e. The Labute approximate surface area is 115 Å². The minimum atomic E-state index is -0.239. The van der Waals surface area contributed by atoms with Gasteiger partial charge >= 0.3 is 6.03 Å². The standard InChI is InChI=1S/C14H25N3O2/c1-14(2,3)9-11-5-4-6-16(11)7-8-17-12(18)10-15-13(17)19/h11H,4-10H2,1-3H3,(H,15,19)/t11-/m1/s1. The zero-order valence-corrected chi connectivity index (χ0v) is 12.2. The molecule has 0 aromatic rings. The Bertz CT molecular complexity index is 346. The van der Waals surface area contributed by atoms with Crippen molar-refractivity contribution < 1.29 is 9.59 Å². The van der Waals surface area contributed by atoms with Gasteiger partial charge in [0.2, 0.25) is 5.91 Å². The largest absolute Gasteiger partial charge is 0.329 e. The van der Waals surface area contributed by atoms with Gasteiger partial charge in [0.05, 0.1) is 6.54 Å². The van der Waals surface area contributed by atoms with Gasteiger partial charge in [-0.1, -0.05) is 20.8 Å². The maximum absolute atomic E-state index is 11.5. The van der Waals surface area contributed by atoms with Gasteiger partial charge in [-0.3, -0.25) is 14.6 Å². The van der Waals surface area contributed by atoms with Crippen LogP contribution >= 0.6 is 0 Å². The molecule has 2 heterocycles. The number of nitrogens with zero attached hydrogens (tertiary/aromatic N) is 2. The molecule has 2 aliphatic heterocycles. The maximum atomic E-state index is 11.5. The molecule has 0 spiro atoms. The molecule has 0 aliphatic carbocycles. The third-order valence-corrected chi connectivity index (χ3v) is 3.89. The summed E-state index contributed by atoms with van der Waals surface area (Å²) in [6.07, 6.45) is 3.63. The van der Waals surface area contributed by atoms with Crippen molar-refractivity contribution in [3.63, 3.8) is 0 Å². The molecule has 0 bridgehead atoms. The van der Waals surface area contributed by atoms with E-state index in [0.29, 0.717) is 18.0 Å². The number of carbonyl (C=O) groups is 2. The normalized spacial score (nSPS) is 25.2. The lowest BCUT2D eigenvalue weighted by molar-refractivity contribution is -0.125. The highest BCUT2D eigenvalue weighted by Crippen LogP contribution is 2.29. The Morgan fingerprint density at radius 3 is 2.58 bits per heavy atom. The Hall–Kier alpha value is -1.10. The minimum absolute atomic E-state index is 0.100. The quantitative estimate of drug-likeness (QED) is 0.784. The smallest absolute Gasteiger partial charge is 0.324 e. The summed E-state index contributed by atoms with van der Waals surface area (Å²) >= 11 is 0. The van der Waals surface area contributed by atoms with Gasteiger partial charge in [-0.2, -0.15) is 0 Å². The van der Waals surface area contributed by atoms with E-state index in [2.05, 4.69) is 31.0 Å². The molecule has 108 valence electrons. The maximum Gasteiger partial charge on any atom is 0.324 e. The van der Waals surface area contributed by atoms with E-state index in [1.165, 1.54) is 24.2 Å². The third-order valence-electron chi connectivity index (χ3n) is 3.89. The fourth-order valence-corrected chi connectivity index (χ4v) is 3.04. The summed E-state index contributed by atoms with van der Waals surface area (Å²) in [5.74, 6) is -0.100. The summed E-state index contributed by atoms with van der Waals surface area (Å²) in [6, 6.07) is 0.359. The van der Waals surface area contributed by atoms with Crippen molar-refractivity contribution in [2.45, 2.75) is 46.1 Å². The van der Waals surface area contributed by atoms with Gasteiger partial charge in [0.1, 0.15) is 0 Å². The van der Waals surface area contributed by atoms with Gasteiger partial charge in [0.25, 0.3) is 0 Å². The molecule has 0 radical (unpaired) electrons. The van der Waals surface area contributed by atoms with E-state index >= 15 is 0 Å². The number of imide groups is 1. The molecular weight excluding hydrogens is 242 g/mol. The molecule has 0 aromatic carbocycles. The summed E-state index contributed by atoms with van der Waals surface area (Å²) in [5.41, 5.74) is 0.327. The van der Waals surface area contributed by atoms with E-state index in [4.69, 9.17) is 0 Å². The van der Waals surface area contributed by atoms with Crippen LogP contribution in [0, 0.1) is 5.41 Å². The molecule has 5 heteroatoms. The average Bonchev–Trinajstić information content (AvgIpc) is 2.83. The molecule has 0 aromatic heterocycles. The molecule has 2 rings (SSSR count). The summed E-state index contributed by atoms with van der Waals surface area (Å²) in [4.78, 5) is 26.8. The molecule has 2 aliphatic rings. The van der Waals surface area contributed by atoms with Crippen LogP contribution in [0.25, 0.3) is 0 Å². The highest BCUT2D eigenvalue weighted by molar-refractivity contribution is 6.01. The molecule has 0 unspecified atom stereocenters. The lowest BCUT2D eigenvalue weighted by atomic mass is 9.87. The second kappa shape index (κ2) is 5.49. The van der Waals surface area contributed by atoms with Crippen molar-refractivity contribution in [2.24, 2.45) is 5.41 Å². The third kappa shape index (κ3) is 3.69. The Kier molecular flexibility index (Phi) is 4.13. The summed E-state index contributed by atoms with van der Waals surface area (Å²) in [7, 11) is 0. The van der Waals surface area contributed by atoms with Gasteiger partial charge in [-0.25, -0.2) is 4.79 Å². The lowest BCUT2D eigenvalue weighted by Gasteiger charge is -2.31. The number of likely N-dealkylation sites (tertiary alicyclic amines) is 1. The average molecular weight is 267 g/mol. The molecule has 1 N–H and O–H groups in total. The van der Waals surface area contributed by atoms with Gasteiger partial charge < -0.3 is 5.32 Å². The van der Waals surface area contributed by atoms with Crippen LogP contribution in [0.1, 0.15) is 40.0 Å². The van der Waals surface area contributed by atoms with Crippen molar-refractivity contribution in [1.29, 1.82) is 0 Å². The molecule has 19 heavy (non-hydrogen) atoms.